The highest BCUT2D eigenvalue weighted by Gasteiger charge is 2.04. The minimum Gasteiger partial charge on any atom is -0.317 e. The van der Waals surface area contributed by atoms with Gasteiger partial charge in [-0.05, 0) is 61.9 Å². The minimum atomic E-state index is 0.0830. The van der Waals surface area contributed by atoms with Crippen LogP contribution in [0.2, 0.25) is 0 Å². The van der Waals surface area contributed by atoms with Crippen molar-refractivity contribution >= 4 is 22.6 Å². The van der Waals surface area contributed by atoms with Crippen LogP contribution in [0.5, 0.6) is 0 Å². The van der Waals surface area contributed by atoms with E-state index in [1.54, 1.807) is 10.9 Å². The van der Waals surface area contributed by atoms with E-state index in [0.29, 0.717) is 0 Å². The Morgan fingerprint density at radius 3 is 2.88 bits per heavy atom. The molecule has 5 heteroatoms. The van der Waals surface area contributed by atoms with E-state index in [0.717, 1.165) is 41.7 Å². The molecule has 0 spiro atoms. The maximum atomic E-state index is 11.9. The molecule has 0 fully saturated rings. The average Bonchev–Trinajstić information content (AvgIpc) is 2.33. The number of hydrogen-bond donors (Lipinski definition) is 1. The summed E-state index contributed by atoms with van der Waals surface area (Å²) in [7, 11) is 0. The normalized spacial score (nSPS) is 10.8. The van der Waals surface area contributed by atoms with Crippen molar-refractivity contribution in [3.63, 3.8) is 0 Å². The lowest BCUT2D eigenvalue weighted by atomic mass is 10.3. The van der Waals surface area contributed by atoms with E-state index in [-0.39, 0.29) is 5.56 Å². The maximum absolute atomic E-state index is 11.9. The molecule has 0 saturated carbocycles. The Balaban J connectivity index is 2.37. The summed E-state index contributed by atoms with van der Waals surface area (Å²) in [6, 6.07) is 0. The molecule has 0 aliphatic rings. The van der Waals surface area contributed by atoms with Crippen LogP contribution in [-0.2, 0) is 6.54 Å². The fourth-order valence-corrected chi connectivity index (χ4v) is 1.99. The van der Waals surface area contributed by atoms with Gasteiger partial charge in [0.2, 0.25) is 0 Å². The Morgan fingerprint density at radius 2 is 2.18 bits per heavy atom. The molecule has 17 heavy (non-hydrogen) atoms. The fraction of sp³-hybridized carbons (Fsp3) is 0.667. The maximum Gasteiger partial charge on any atom is 0.266 e. The molecule has 0 radical (unpaired) electrons. The molecule has 0 bridgehead atoms. The lowest BCUT2D eigenvalue weighted by Gasteiger charge is -2.07. The molecular weight excluding hydrogens is 329 g/mol. The number of nitrogens with zero attached hydrogens (tertiary/aromatic N) is 2. The first-order valence-corrected chi connectivity index (χ1v) is 7.17. The van der Waals surface area contributed by atoms with E-state index in [1.165, 1.54) is 6.42 Å². The standard InChI is InChI=1S/C12H20IN3O/c1-3-6-14-7-4-5-8-16-9-15-10(2)11(13)12(16)17/h9,14H,3-8H2,1-2H3. The van der Waals surface area contributed by atoms with Gasteiger partial charge in [-0.1, -0.05) is 6.92 Å². The number of aromatic nitrogens is 2. The lowest BCUT2D eigenvalue weighted by molar-refractivity contribution is 0.551. The van der Waals surface area contributed by atoms with Gasteiger partial charge < -0.3 is 5.32 Å². The van der Waals surface area contributed by atoms with Crippen molar-refractivity contribution in [3.8, 4) is 0 Å². The molecule has 0 aliphatic carbocycles. The molecule has 4 nitrogen and oxygen atoms in total. The molecule has 1 rings (SSSR count). The largest absolute Gasteiger partial charge is 0.317 e. The zero-order valence-electron chi connectivity index (χ0n) is 10.5. The second kappa shape index (κ2) is 7.81. The average molecular weight is 349 g/mol. The van der Waals surface area contributed by atoms with E-state index in [2.05, 4.69) is 39.8 Å². The van der Waals surface area contributed by atoms with Gasteiger partial charge >= 0.3 is 0 Å². The Labute approximate surface area is 116 Å². The molecule has 1 N–H and O–H groups in total. The summed E-state index contributed by atoms with van der Waals surface area (Å²) in [5.41, 5.74) is 0.899. The highest BCUT2D eigenvalue weighted by molar-refractivity contribution is 14.1. The number of aryl methyl sites for hydroxylation is 2. The number of unbranched alkanes of at least 4 members (excludes halogenated alkanes) is 1. The van der Waals surface area contributed by atoms with Crippen LogP contribution in [0.25, 0.3) is 0 Å². The van der Waals surface area contributed by atoms with Crippen LogP contribution in [0.4, 0.5) is 0 Å². The third-order valence-corrected chi connectivity index (χ3v) is 3.83. The van der Waals surface area contributed by atoms with Gasteiger partial charge in [0.15, 0.2) is 0 Å². The Bertz CT molecular complexity index is 403. The number of halogens is 1. The first-order chi connectivity index (χ1) is 8.16. The van der Waals surface area contributed by atoms with Crippen molar-refractivity contribution in [2.45, 2.75) is 39.7 Å². The first kappa shape index (κ1) is 14.6. The van der Waals surface area contributed by atoms with Gasteiger partial charge in [-0.3, -0.25) is 9.36 Å². The summed E-state index contributed by atoms with van der Waals surface area (Å²) in [4.78, 5) is 16.1. The van der Waals surface area contributed by atoms with Gasteiger partial charge in [0, 0.05) is 6.54 Å². The molecule has 0 aliphatic heterocycles. The lowest BCUT2D eigenvalue weighted by Crippen LogP contribution is -2.24. The first-order valence-electron chi connectivity index (χ1n) is 6.09. The van der Waals surface area contributed by atoms with E-state index in [1.807, 2.05) is 6.92 Å². The van der Waals surface area contributed by atoms with E-state index < -0.39 is 0 Å². The van der Waals surface area contributed by atoms with E-state index >= 15 is 0 Å². The summed E-state index contributed by atoms with van der Waals surface area (Å²) in [5, 5.41) is 3.35. The molecule has 0 aromatic carbocycles. The predicted octanol–water partition coefficient (Wildman–Crippen LogP) is 1.94. The minimum absolute atomic E-state index is 0.0830. The van der Waals surface area contributed by atoms with Gasteiger partial charge in [0.1, 0.15) is 0 Å². The number of hydrogen-bond acceptors (Lipinski definition) is 3. The molecule has 0 unspecified atom stereocenters. The molecule has 96 valence electrons. The van der Waals surface area contributed by atoms with Crippen LogP contribution in [0.15, 0.2) is 11.1 Å². The van der Waals surface area contributed by atoms with Crippen LogP contribution in [0.3, 0.4) is 0 Å². The van der Waals surface area contributed by atoms with Crippen LogP contribution >= 0.6 is 22.6 Å². The quantitative estimate of drug-likeness (QED) is 0.605. The summed E-state index contributed by atoms with van der Waals surface area (Å²) in [6.07, 6.45) is 4.92. The molecule has 0 amide bonds. The molecule has 1 aromatic heterocycles. The highest BCUT2D eigenvalue weighted by atomic mass is 127. The van der Waals surface area contributed by atoms with Crippen molar-refractivity contribution in [2.75, 3.05) is 13.1 Å². The van der Waals surface area contributed by atoms with Gasteiger partial charge in [-0.25, -0.2) is 4.98 Å². The summed E-state index contributed by atoms with van der Waals surface area (Å²) >= 11 is 2.07. The molecule has 1 heterocycles. The number of rotatable bonds is 7. The Kier molecular flexibility index (Phi) is 6.72. The fourth-order valence-electron chi connectivity index (χ4n) is 1.54. The van der Waals surface area contributed by atoms with Crippen molar-refractivity contribution in [1.82, 2.24) is 14.9 Å². The monoisotopic (exact) mass is 349 g/mol. The summed E-state index contributed by atoms with van der Waals surface area (Å²) in [5.74, 6) is 0. The Hall–Kier alpha value is -0.430. The molecular formula is C12H20IN3O. The van der Waals surface area contributed by atoms with E-state index in [9.17, 15) is 4.79 Å². The zero-order chi connectivity index (χ0) is 12.7. The third-order valence-electron chi connectivity index (χ3n) is 2.59. The summed E-state index contributed by atoms with van der Waals surface area (Å²) < 4.78 is 2.43. The van der Waals surface area contributed by atoms with Gasteiger partial charge in [0.05, 0.1) is 15.6 Å². The predicted molar refractivity (Wildman–Crippen MR) is 78.3 cm³/mol. The molecule has 0 atom stereocenters. The van der Waals surface area contributed by atoms with Crippen molar-refractivity contribution in [1.29, 1.82) is 0 Å². The smallest absolute Gasteiger partial charge is 0.266 e. The number of nitrogens with one attached hydrogen (secondary N) is 1. The topological polar surface area (TPSA) is 46.9 Å². The van der Waals surface area contributed by atoms with Crippen LogP contribution in [0, 0.1) is 10.5 Å². The second-order valence-electron chi connectivity index (χ2n) is 4.10. The van der Waals surface area contributed by atoms with Crippen molar-refractivity contribution in [3.05, 3.63) is 25.9 Å². The highest BCUT2D eigenvalue weighted by Crippen LogP contribution is 2.02. The molecule has 0 saturated heterocycles. The van der Waals surface area contributed by atoms with Crippen LogP contribution in [-0.4, -0.2) is 22.6 Å². The molecule has 1 aromatic rings. The second-order valence-corrected chi connectivity index (χ2v) is 5.18. The zero-order valence-corrected chi connectivity index (χ0v) is 12.7. The van der Waals surface area contributed by atoms with Gasteiger partial charge in [-0.15, -0.1) is 0 Å². The Morgan fingerprint density at radius 1 is 1.41 bits per heavy atom. The summed E-state index contributed by atoms with van der Waals surface area (Å²) in [6.45, 7) is 6.88. The van der Waals surface area contributed by atoms with Crippen molar-refractivity contribution in [2.24, 2.45) is 0 Å². The SMILES string of the molecule is CCCNCCCCn1cnc(C)c(I)c1=O. The van der Waals surface area contributed by atoms with E-state index in [4.69, 9.17) is 0 Å². The van der Waals surface area contributed by atoms with Gasteiger partial charge in [0.25, 0.3) is 5.56 Å². The third kappa shape index (κ3) is 4.75. The van der Waals surface area contributed by atoms with Crippen molar-refractivity contribution < 1.29 is 0 Å². The van der Waals surface area contributed by atoms with Gasteiger partial charge in [-0.2, -0.15) is 0 Å². The van der Waals surface area contributed by atoms with Crippen LogP contribution < -0.4 is 10.9 Å². The van der Waals surface area contributed by atoms with Crippen LogP contribution in [0.1, 0.15) is 31.9 Å².